The van der Waals surface area contributed by atoms with Gasteiger partial charge in [-0.1, -0.05) is 77.5 Å². The standard InChI is InChI=1S/C20H24Si/c1-5-18(4)16-21(17(2)3,19-12-8-6-9-13-19)20-14-10-7-11-15-20/h5-15H,2,16H2,1,3-4H3/b18-5-. The Kier molecular flexibility index (Phi) is 4.97. The summed E-state index contributed by atoms with van der Waals surface area (Å²) in [6.07, 6.45) is 2.23. The number of allylic oxidation sites excluding steroid dienone is 3. The molecule has 0 bridgehead atoms. The molecule has 0 atom stereocenters. The highest BCUT2D eigenvalue weighted by Gasteiger charge is 2.37. The third-order valence-electron chi connectivity index (χ3n) is 4.30. The summed E-state index contributed by atoms with van der Waals surface area (Å²) in [4.78, 5) is 0. The summed E-state index contributed by atoms with van der Waals surface area (Å²) < 4.78 is 0. The molecule has 0 aromatic heterocycles. The van der Waals surface area contributed by atoms with E-state index in [9.17, 15) is 0 Å². The smallest absolute Gasteiger partial charge is 0.103 e. The maximum Gasteiger partial charge on any atom is 0.147 e. The summed E-state index contributed by atoms with van der Waals surface area (Å²) in [5.41, 5.74) is 1.44. The average molecular weight is 292 g/mol. The number of benzene rings is 2. The van der Waals surface area contributed by atoms with Crippen molar-refractivity contribution in [2.24, 2.45) is 0 Å². The first kappa shape index (κ1) is 15.5. The van der Waals surface area contributed by atoms with Gasteiger partial charge in [0.05, 0.1) is 0 Å². The Hall–Kier alpha value is -1.86. The number of hydrogen-bond donors (Lipinski definition) is 0. The lowest BCUT2D eigenvalue weighted by Gasteiger charge is -2.34. The van der Waals surface area contributed by atoms with Gasteiger partial charge in [0.1, 0.15) is 8.07 Å². The molecule has 0 aliphatic heterocycles. The average Bonchev–Trinajstić information content (AvgIpc) is 2.53. The van der Waals surface area contributed by atoms with Gasteiger partial charge in [0.25, 0.3) is 0 Å². The fourth-order valence-corrected chi connectivity index (χ4v) is 7.57. The minimum atomic E-state index is -1.97. The van der Waals surface area contributed by atoms with Crippen molar-refractivity contribution >= 4 is 18.4 Å². The van der Waals surface area contributed by atoms with E-state index in [1.807, 2.05) is 0 Å². The van der Waals surface area contributed by atoms with Gasteiger partial charge in [-0.2, -0.15) is 0 Å². The molecule has 0 spiro atoms. The zero-order valence-electron chi connectivity index (χ0n) is 13.3. The molecule has 0 saturated heterocycles. The van der Waals surface area contributed by atoms with E-state index in [1.54, 1.807) is 0 Å². The molecule has 0 radical (unpaired) electrons. The van der Waals surface area contributed by atoms with Gasteiger partial charge >= 0.3 is 0 Å². The van der Waals surface area contributed by atoms with Crippen LogP contribution in [0.25, 0.3) is 0 Å². The highest BCUT2D eigenvalue weighted by molar-refractivity contribution is 7.07. The fraction of sp³-hybridized carbons (Fsp3) is 0.200. The van der Waals surface area contributed by atoms with Gasteiger partial charge in [-0.25, -0.2) is 0 Å². The Balaban J connectivity index is 2.69. The van der Waals surface area contributed by atoms with Crippen molar-refractivity contribution in [3.8, 4) is 0 Å². The normalized spacial score (nSPS) is 12.2. The molecule has 21 heavy (non-hydrogen) atoms. The maximum absolute atomic E-state index is 4.40. The fourth-order valence-electron chi connectivity index (χ4n) is 2.98. The van der Waals surface area contributed by atoms with Gasteiger partial charge in [0, 0.05) is 0 Å². The van der Waals surface area contributed by atoms with E-state index in [-0.39, 0.29) is 0 Å². The third-order valence-corrected chi connectivity index (χ3v) is 9.48. The maximum atomic E-state index is 4.40. The Bertz CT molecular complexity index is 584. The van der Waals surface area contributed by atoms with Crippen LogP contribution in [0.3, 0.4) is 0 Å². The molecule has 0 saturated carbocycles. The highest BCUT2D eigenvalue weighted by atomic mass is 28.3. The first-order valence-electron chi connectivity index (χ1n) is 7.50. The Morgan fingerprint density at radius 1 is 0.905 bits per heavy atom. The lowest BCUT2D eigenvalue weighted by atomic mass is 10.3. The highest BCUT2D eigenvalue weighted by Crippen LogP contribution is 2.23. The Morgan fingerprint density at radius 3 is 1.67 bits per heavy atom. The van der Waals surface area contributed by atoms with Crippen LogP contribution >= 0.6 is 0 Å². The zero-order valence-corrected chi connectivity index (χ0v) is 14.3. The summed E-state index contributed by atoms with van der Waals surface area (Å²) in [5, 5.41) is 4.22. The van der Waals surface area contributed by atoms with Crippen LogP contribution < -0.4 is 10.4 Å². The van der Waals surface area contributed by atoms with Crippen molar-refractivity contribution in [3.63, 3.8) is 0 Å². The van der Waals surface area contributed by atoms with Gasteiger partial charge in [-0.05, 0) is 37.2 Å². The molecule has 2 rings (SSSR count). The minimum absolute atomic E-state index is 1.10. The second-order valence-electron chi connectivity index (χ2n) is 5.73. The van der Waals surface area contributed by atoms with Crippen molar-refractivity contribution in [2.45, 2.75) is 26.8 Å². The summed E-state index contributed by atoms with van der Waals surface area (Å²) in [5.74, 6) is 0. The van der Waals surface area contributed by atoms with E-state index < -0.39 is 8.07 Å². The summed E-state index contributed by atoms with van der Waals surface area (Å²) >= 11 is 0. The third kappa shape index (κ3) is 3.08. The van der Waals surface area contributed by atoms with E-state index in [4.69, 9.17) is 0 Å². The van der Waals surface area contributed by atoms with Gasteiger partial charge < -0.3 is 0 Å². The van der Waals surface area contributed by atoms with Gasteiger partial charge in [0.15, 0.2) is 0 Å². The number of rotatable bonds is 5. The van der Waals surface area contributed by atoms with Crippen molar-refractivity contribution in [3.05, 3.63) is 84.1 Å². The van der Waals surface area contributed by atoms with Crippen molar-refractivity contribution < 1.29 is 0 Å². The van der Waals surface area contributed by atoms with Crippen LogP contribution in [-0.2, 0) is 0 Å². The van der Waals surface area contributed by atoms with Crippen LogP contribution in [-0.4, -0.2) is 8.07 Å². The largest absolute Gasteiger partial charge is 0.147 e. The summed E-state index contributed by atoms with van der Waals surface area (Å²) in [6.45, 7) is 11.0. The summed E-state index contributed by atoms with van der Waals surface area (Å²) in [6, 6.07) is 23.0. The van der Waals surface area contributed by atoms with Crippen LogP contribution in [0.2, 0.25) is 6.04 Å². The van der Waals surface area contributed by atoms with Crippen molar-refractivity contribution in [1.29, 1.82) is 0 Å². The molecule has 108 valence electrons. The first-order valence-corrected chi connectivity index (χ1v) is 9.71. The van der Waals surface area contributed by atoms with E-state index in [0.717, 1.165) is 6.04 Å². The quantitative estimate of drug-likeness (QED) is 0.568. The Labute approximate surface area is 129 Å². The van der Waals surface area contributed by atoms with Crippen molar-refractivity contribution in [2.75, 3.05) is 0 Å². The lowest BCUT2D eigenvalue weighted by molar-refractivity contribution is 1.31. The van der Waals surface area contributed by atoms with E-state index in [1.165, 1.54) is 21.1 Å². The Morgan fingerprint density at radius 2 is 1.33 bits per heavy atom. The molecule has 2 aromatic carbocycles. The minimum Gasteiger partial charge on any atom is -0.103 e. The molecule has 0 amide bonds. The molecule has 0 nitrogen and oxygen atoms in total. The number of hydrogen-bond acceptors (Lipinski definition) is 0. The molecule has 1 heteroatoms. The molecule has 2 aromatic rings. The van der Waals surface area contributed by atoms with Gasteiger partial charge in [-0.15, -0.1) is 6.58 Å². The monoisotopic (exact) mass is 292 g/mol. The molecule has 0 aliphatic rings. The topological polar surface area (TPSA) is 0 Å². The van der Waals surface area contributed by atoms with Crippen molar-refractivity contribution in [1.82, 2.24) is 0 Å². The SMILES string of the molecule is C=C(C)[Si](C/C(C)=C\C)(c1ccccc1)c1ccccc1. The molecule has 0 heterocycles. The molecular formula is C20H24Si. The second-order valence-corrected chi connectivity index (χ2v) is 9.90. The molecular weight excluding hydrogens is 268 g/mol. The molecule has 0 N–H and O–H groups in total. The van der Waals surface area contributed by atoms with Crippen LogP contribution in [0.4, 0.5) is 0 Å². The predicted molar refractivity (Wildman–Crippen MR) is 97.0 cm³/mol. The first-order chi connectivity index (χ1) is 10.1. The van der Waals surface area contributed by atoms with E-state index >= 15 is 0 Å². The van der Waals surface area contributed by atoms with Crippen LogP contribution in [0.1, 0.15) is 20.8 Å². The molecule has 0 fully saturated rings. The zero-order chi connectivity index (χ0) is 15.3. The van der Waals surface area contributed by atoms with E-state index in [2.05, 4.69) is 94.1 Å². The lowest BCUT2D eigenvalue weighted by Crippen LogP contribution is -2.59. The second kappa shape index (κ2) is 6.73. The molecule has 0 unspecified atom stereocenters. The predicted octanol–water partition coefficient (Wildman–Crippen LogP) is 4.33. The van der Waals surface area contributed by atoms with Gasteiger partial charge in [0.2, 0.25) is 0 Å². The molecule has 0 aliphatic carbocycles. The van der Waals surface area contributed by atoms with Crippen LogP contribution in [0, 0.1) is 0 Å². The van der Waals surface area contributed by atoms with Crippen LogP contribution in [0.15, 0.2) is 84.1 Å². The van der Waals surface area contributed by atoms with Gasteiger partial charge in [-0.3, -0.25) is 0 Å². The summed E-state index contributed by atoms with van der Waals surface area (Å²) in [7, 11) is -1.97. The van der Waals surface area contributed by atoms with E-state index in [0.29, 0.717) is 0 Å². The van der Waals surface area contributed by atoms with Crippen LogP contribution in [0.5, 0.6) is 0 Å².